The van der Waals surface area contributed by atoms with Crippen molar-refractivity contribution < 1.29 is 22.7 Å². The SMILES string of the molecule is C=CCC(N)C(=O)NC1CCCC(OCC(F)(F)F)C1. The molecule has 116 valence electrons. The molecule has 1 aliphatic rings. The molecule has 7 heteroatoms. The molecule has 1 rings (SSSR count). The molecule has 4 nitrogen and oxygen atoms in total. The van der Waals surface area contributed by atoms with Gasteiger partial charge in [0.15, 0.2) is 0 Å². The summed E-state index contributed by atoms with van der Waals surface area (Å²) in [5.41, 5.74) is 5.63. The highest BCUT2D eigenvalue weighted by Crippen LogP contribution is 2.24. The van der Waals surface area contributed by atoms with E-state index in [4.69, 9.17) is 10.5 Å². The molecule has 0 heterocycles. The van der Waals surface area contributed by atoms with Gasteiger partial charge >= 0.3 is 6.18 Å². The van der Waals surface area contributed by atoms with E-state index < -0.39 is 24.9 Å². The van der Waals surface area contributed by atoms with Crippen LogP contribution in [0.25, 0.3) is 0 Å². The first-order valence-electron chi connectivity index (χ1n) is 6.67. The lowest BCUT2D eigenvalue weighted by Gasteiger charge is -2.30. The number of rotatable bonds is 6. The molecule has 0 aliphatic heterocycles. The van der Waals surface area contributed by atoms with E-state index in [1.807, 2.05) is 0 Å². The van der Waals surface area contributed by atoms with Crippen LogP contribution in [0.5, 0.6) is 0 Å². The topological polar surface area (TPSA) is 64.4 Å². The van der Waals surface area contributed by atoms with Gasteiger partial charge in [-0.05, 0) is 32.1 Å². The Balaban J connectivity index is 2.37. The minimum atomic E-state index is -4.32. The Bertz CT molecular complexity index is 334. The van der Waals surface area contributed by atoms with Crippen LogP contribution >= 0.6 is 0 Å². The quantitative estimate of drug-likeness (QED) is 0.735. The summed E-state index contributed by atoms with van der Waals surface area (Å²) in [5, 5.41) is 2.76. The lowest BCUT2D eigenvalue weighted by Crippen LogP contribution is -2.47. The van der Waals surface area contributed by atoms with Gasteiger partial charge in [0, 0.05) is 6.04 Å². The predicted octanol–water partition coefficient (Wildman–Crippen LogP) is 1.90. The lowest BCUT2D eigenvalue weighted by atomic mass is 9.92. The molecule has 0 saturated heterocycles. The molecule has 1 amide bonds. The monoisotopic (exact) mass is 294 g/mol. The van der Waals surface area contributed by atoms with Crippen LogP contribution in [0.15, 0.2) is 12.7 Å². The van der Waals surface area contributed by atoms with E-state index in [1.54, 1.807) is 6.08 Å². The smallest absolute Gasteiger partial charge is 0.369 e. The highest BCUT2D eigenvalue weighted by Gasteiger charge is 2.31. The lowest BCUT2D eigenvalue weighted by molar-refractivity contribution is -0.188. The van der Waals surface area contributed by atoms with Crippen molar-refractivity contribution in [1.29, 1.82) is 0 Å². The van der Waals surface area contributed by atoms with E-state index in [1.165, 1.54) is 0 Å². The van der Waals surface area contributed by atoms with Gasteiger partial charge in [-0.1, -0.05) is 6.08 Å². The Morgan fingerprint density at radius 3 is 2.80 bits per heavy atom. The maximum Gasteiger partial charge on any atom is 0.411 e. The van der Waals surface area contributed by atoms with Crippen LogP contribution in [0.4, 0.5) is 13.2 Å². The molecule has 0 bridgehead atoms. The van der Waals surface area contributed by atoms with Crippen LogP contribution in [0, 0.1) is 0 Å². The van der Waals surface area contributed by atoms with Crippen LogP contribution in [-0.4, -0.2) is 36.9 Å². The van der Waals surface area contributed by atoms with Crippen LogP contribution in [-0.2, 0) is 9.53 Å². The summed E-state index contributed by atoms with van der Waals surface area (Å²) < 4.78 is 41.1. The predicted molar refractivity (Wildman–Crippen MR) is 69.0 cm³/mol. The highest BCUT2D eigenvalue weighted by atomic mass is 19.4. The van der Waals surface area contributed by atoms with E-state index >= 15 is 0 Å². The molecule has 0 aromatic heterocycles. The average molecular weight is 294 g/mol. The van der Waals surface area contributed by atoms with Crippen molar-refractivity contribution in [1.82, 2.24) is 5.32 Å². The minimum Gasteiger partial charge on any atom is -0.369 e. The van der Waals surface area contributed by atoms with Gasteiger partial charge in [0.25, 0.3) is 0 Å². The fourth-order valence-electron chi connectivity index (χ4n) is 2.23. The molecular weight excluding hydrogens is 273 g/mol. The number of amides is 1. The van der Waals surface area contributed by atoms with Gasteiger partial charge in [-0.25, -0.2) is 0 Å². The summed E-state index contributed by atoms with van der Waals surface area (Å²) in [4.78, 5) is 11.7. The van der Waals surface area contributed by atoms with E-state index in [2.05, 4.69) is 11.9 Å². The largest absolute Gasteiger partial charge is 0.411 e. The number of hydrogen-bond acceptors (Lipinski definition) is 3. The fraction of sp³-hybridized carbons (Fsp3) is 0.769. The summed E-state index contributed by atoms with van der Waals surface area (Å²) in [6, 6.07) is -0.839. The molecular formula is C13H21F3N2O2. The van der Waals surface area contributed by atoms with Crippen molar-refractivity contribution in [2.24, 2.45) is 5.73 Å². The van der Waals surface area contributed by atoms with E-state index in [0.29, 0.717) is 19.3 Å². The molecule has 3 unspecified atom stereocenters. The summed E-state index contributed by atoms with van der Waals surface area (Å²) in [6.07, 6.45) is -0.423. The molecule has 0 aromatic rings. The van der Waals surface area contributed by atoms with Crippen LogP contribution in [0.1, 0.15) is 32.1 Å². The highest BCUT2D eigenvalue weighted by molar-refractivity contribution is 5.81. The minimum absolute atomic E-state index is 0.176. The number of carbonyl (C=O) groups excluding carboxylic acids is 1. The standard InChI is InChI=1S/C13H21F3N2O2/c1-2-4-11(17)12(19)18-9-5-3-6-10(7-9)20-8-13(14,15)16/h2,9-11H,1,3-8,17H2,(H,18,19). The number of ether oxygens (including phenoxy) is 1. The first-order chi connectivity index (χ1) is 9.31. The van der Waals surface area contributed by atoms with Crippen molar-refractivity contribution in [2.75, 3.05) is 6.61 Å². The summed E-state index contributed by atoms with van der Waals surface area (Å²) in [7, 11) is 0. The molecule has 3 N–H and O–H groups in total. The zero-order valence-corrected chi connectivity index (χ0v) is 11.3. The number of halogens is 3. The summed E-state index contributed by atoms with van der Waals surface area (Å²) in [6.45, 7) is 2.26. The third kappa shape index (κ3) is 6.38. The molecule has 1 saturated carbocycles. The molecule has 0 radical (unpaired) electrons. The zero-order chi connectivity index (χ0) is 15.2. The van der Waals surface area contributed by atoms with Crippen molar-refractivity contribution in [2.45, 2.75) is 56.5 Å². The van der Waals surface area contributed by atoms with Crippen molar-refractivity contribution in [3.63, 3.8) is 0 Å². The average Bonchev–Trinajstić information content (AvgIpc) is 2.36. The van der Waals surface area contributed by atoms with Crippen LogP contribution in [0.2, 0.25) is 0 Å². The number of alkyl halides is 3. The molecule has 0 spiro atoms. The Hall–Kier alpha value is -1.08. The number of nitrogens with one attached hydrogen (secondary N) is 1. The Labute approximate surface area is 116 Å². The molecule has 0 aromatic carbocycles. The van der Waals surface area contributed by atoms with E-state index in [9.17, 15) is 18.0 Å². The second kappa shape index (κ2) is 7.64. The Morgan fingerprint density at radius 2 is 2.20 bits per heavy atom. The molecule has 1 aliphatic carbocycles. The van der Waals surface area contributed by atoms with Gasteiger partial charge in [0.2, 0.25) is 5.91 Å². The summed E-state index contributed by atoms with van der Waals surface area (Å²) in [5.74, 6) is -0.300. The van der Waals surface area contributed by atoms with Gasteiger partial charge in [-0.3, -0.25) is 4.79 Å². The molecule has 1 fully saturated rings. The third-order valence-corrected chi connectivity index (χ3v) is 3.21. The fourth-order valence-corrected chi connectivity index (χ4v) is 2.23. The van der Waals surface area contributed by atoms with Crippen LogP contribution < -0.4 is 11.1 Å². The number of nitrogens with two attached hydrogens (primary N) is 1. The number of hydrogen-bond donors (Lipinski definition) is 2. The first kappa shape index (κ1) is 17.0. The van der Waals surface area contributed by atoms with Gasteiger partial charge in [0.05, 0.1) is 12.1 Å². The Morgan fingerprint density at radius 1 is 1.50 bits per heavy atom. The maximum atomic E-state index is 12.1. The van der Waals surface area contributed by atoms with E-state index in [0.717, 1.165) is 12.8 Å². The third-order valence-electron chi connectivity index (χ3n) is 3.21. The van der Waals surface area contributed by atoms with Crippen molar-refractivity contribution in [3.05, 3.63) is 12.7 Å². The summed E-state index contributed by atoms with van der Waals surface area (Å²) >= 11 is 0. The van der Waals surface area contributed by atoms with Crippen molar-refractivity contribution in [3.8, 4) is 0 Å². The normalized spacial score (nSPS) is 25.0. The second-order valence-electron chi connectivity index (χ2n) is 5.05. The van der Waals surface area contributed by atoms with Gasteiger partial charge < -0.3 is 15.8 Å². The molecule has 20 heavy (non-hydrogen) atoms. The van der Waals surface area contributed by atoms with Gasteiger partial charge in [0.1, 0.15) is 6.61 Å². The van der Waals surface area contributed by atoms with Crippen molar-refractivity contribution >= 4 is 5.91 Å². The van der Waals surface area contributed by atoms with E-state index in [-0.39, 0.29) is 11.9 Å². The molecule has 3 atom stereocenters. The second-order valence-corrected chi connectivity index (χ2v) is 5.05. The first-order valence-corrected chi connectivity index (χ1v) is 6.67. The maximum absolute atomic E-state index is 12.1. The van der Waals surface area contributed by atoms with Crippen LogP contribution in [0.3, 0.4) is 0 Å². The van der Waals surface area contributed by atoms with Gasteiger partial charge in [-0.15, -0.1) is 6.58 Å². The zero-order valence-electron chi connectivity index (χ0n) is 11.3. The van der Waals surface area contributed by atoms with Gasteiger partial charge in [-0.2, -0.15) is 13.2 Å². The number of carbonyl (C=O) groups is 1. The Kier molecular flexibility index (Phi) is 6.48.